The third-order valence-electron chi connectivity index (χ3n) is 5.43. The molecule has 0 N–H and O–H groups in total. The summed E-state index contributed by atoms with van der Waals surface area (Å²) in [6.07, 6.45) is 0. The van der Waals surface area contributed by atoms with E-state index in [2.05, 4.69) is 0 Å². The summed E-state index contributed by atoms with van der Waals surface area (Å²) >= 11 is 0. The predicted octanol–water partition coefficient (Wildman–Crippen LogP) is 3.05. The Morgan fingerprint density at radius 1 is 1.04 bits per heavy atom. The lowest BCUT2D eigenvalue weighted by Crippen LogP contribution is -2.37. The molecule has 27 heavy (non-hydrogen) atoms. The molecule has 4 rings (SSSR count). The number of rotatable bonds is 3. The second kappa shape index (κ2) is 6.34. The van der Waals surface area contributed by atoms with E-state index in [-0.39, 0.29) is 17.5 Å². The normalized spacial score (nSPS) is 23.7. The third-order valence-corrected chi connectivity index (χ3v) is 7.13. The molecule has 0 aromatic heterocycles. The van der Waals surface area contributed by atoms with Crippen molar-refractivity contribution in [2.24, 2.45) is 0 Å². The molecule has 0 spiro atoms. The maximum atomic E-state index is 13.3. The zero-order valence-corrected chi connectivity index (χ0v) is 16.0. The number of sulfone groups is 1. The fourth-order valence-corrected chi connectivity index (χ4v) is 5.97. The molecule has 2 aromatic carbocycles. The topological polar surface area (TPSA) is 57.7 Å². The summed E-state index contributed by atoms with van der Waals surface area (Å²) in [6, 6.07) is 10.6. The molecule has 2 saturated heterocycles. The van der Waals surface area contributed by atoms with E-state index in [0.717, 1.165) is 16.7 Å². The molecule has 2 aromatic rings. The number of anilines is 1. The highest BCUT2D eigenvalue weighted by molar-refractivity contribution is 7.91. The monoisotopic (exact) mass is 388 g/mol. The van der Waals surface area contributed by atoms with Crippen LogP contribution >= 0.6 is 0 Å². The lowest BCUT2D eigenvalue weighted by molar-refractivity contribution is 0.205. The van der Waals surface area contributed by atoms with Gasteiger partial charge in [0.15, 0.2) is 9.84 Å². The van der Waals surface area contributed by atoms with Crippen LogP contribution in [0.2, 0.25) is 0 Å². The van der Waals surface area contributed by atoms with Gasteiger partial charge in [-0.25, -0.2) is 17.6 Å². The SMILES string of the molecule is Cc1ccc(C)c(CN2C(=O)N(c3ccc(F)cc3)[C@@H]3CS(=O)(=O)C[C@@H]32)c1. The average Bonchev–Trinajstić information content (AvgIpc) is 3.03. The number of hydrogen-bond donors (Lipinski definition) is 0. The molecule has 2 aliphatic heterocycles. The van der Waals surface area contributed by atoms with Gasteiger partial charge in [0.1, 0.15) is 5.82 Å². The van der Waals surface area contributed by atoms with Crippen LogP contribution < -0.4 is 4.90 Å². The van der Waals surface area contributed by atoms with Crippen molar-refractivity contribution >= 4 is 21.6 Å². The van der Waals surface area contributed by atoms with Gasteiger partial charge in [-0.05, 0) is 49.2 Å². The summed E-state index contributed by atoms with van der Waals surface area (Å²) in [5.74, 6) is -0.496. The summed E-state index contributed by atoms with van der Waals surface area (Å²) in [5.41, 5.74) is 3.68. The van der Waals surface area contributed by atoms with Crippen molar-refractivity contribution in [3.05, 3.63) is 65.0 Å². The van der Waals surface area contributed by atoms with E-state index in [1.807, 2.05) is 32.0 Å². The maximum Gasteiger partial charge on any atom is 0.325 e. The van der Waals surface area contributed by atoms with Crippen LogP contribution in [0, 0.1) is 19.7 Å². The van der Waals surface area contributed by atoms with E-state index in [9.17, 15) is 17.6 Å². The quantitative estimate of drug-likeness (QED) is 0.760. The molecule has 2 heterocycles. The Hall–Kier alpha value is -2.41. The van der Waals surface area contributed by atoms with Crippen LogP contribution in [-0.4, -0.2) is 42.9 Å². The molecule has 0 saturated carbocycles. The van der Waals surface area contributed by atoms with Crippen molar-refractivity contribution in [2.45, 2.75) is 32.5 Å². The molecule has 2 fully saturated rings. The predicted molar refractivity (Wildman–Crippen MR) is 102 cm³/mol. The van der Waals surface area contributed by atoms with E-state index in [1.54, 1.807) is 4.90 Å². The van der Waals surface area contributed by atoms with Gasteiger partial charge >= 0.3 is 6.03 Å². The summed E-state index contributed by atoms with van der Waals surface area (Å²) < 4.78 is 37.9. The molecule has 0 bridgehead atoms. The fourth-order valence-electron chi connectivity index (χ4n) is 4.02. The molecule has 0 unspecified atom stereocenters. The number of hydrogen-bond acceptors (Lipinski definition) is 3. The first-order chi connectivity index (χ1) is 12.7. The smallest absolute Gasteiger partial charge is 0.314 e. The van der Waals surface area contributed by atoms with E-state index in [0.29, 0.717) is 12.2 Å². The van der Waals surface area contributed by atoms with Crippen molar-refractivity contribution in [3.63, 3.8) is 0 Å². The molecule has 5 nitrogen and oxygen atoms in total. The minimum Gasteiger partial charge on any atom is -0.314 e. The van der Waals surface area contributed by atoms with Gasteiger partial charge in [0, 0.05) is 12.2 Å². The molecule has 142 valence electrons. The van der Waals surface area contributed by atoms with Crippen LogP contribution in [0.1, 0.15) is 16.7 Å². The lowest BCUT2D eigenvalue weighted by atomic mass is 10.0. The van der Waals surface area contributed by atoms with Crippen LogP contribution in [0.5, 0.6) is 0 Å². The maximum absolute atomic E-state index is 13.3. The minimum atomic E-state index is -3.23. The van der Waals surface area contributed by atoms with Crippen molar-refractivity contribution in [3.8, 4) is 0 Å². The molecule has 2 atom stereocenters. The first kappa shape index (κ1) is 18.0. The van der Waals surface area contributed by atoms with Gasteiger partial charge in [-0.1, -0.05) is 23.8 Å². The van der Waals surface area contributed by atoms with Gasteiger partial charge in [-0.2, -0.15) is 0 Å². The first-order valence-electron chi connectivity index (χ1n) is 8.87. The molecule has 0 radical (unpaired) electrons. The first-order valence-corrected chi connectivity index (χ1v) is 10.7. The Kier molecular flexibility index (Phi) is 4.22. The van der Waals surface area contributed by atoms with Crippen molar-refractivity contribution in [1.82, 2.24) is 4.90 Å². The van der Waals surface area contributed by atoms with Crippen LogP contribution in [0.3, 0.4) is 0 Å². The summed E-state index contributed by atoms with van der Waals surface area (Å²) in [4.78, 5) is 16.3. The van der Waals surface area contributed by atoms with Crippen molar-refractivity contribution in [1.29, 1.82) is 0 Å². The molecule has 2 amide bonds. The molecular weight excluding hydrogens is 367 g/mol. The Morgan fingerprint density at radius 2 is 1.70 bits per heavy atom. The minimum absolute atomic E-state index is 0.0357. The number of fused-ring (bicyclic) bond motifs is 1. The number of carbonyl (C=O) groups is 1. The van der Waals surface area contributed by atoms with Gasteiger partial charge in [0.2, 0.25) is 0 Å². The Morgan fingerprint density at radius 3 is 2.41 bits per heavy atom. The summed E-state index contributed by atoms with van der Waals surface area (Å²) in [6.45, 7) is 4.33. The van der Waals surface area contributed by atoms with Crippen LogP contribution in [0.15, 0.2) is 42.5 Å². The van der Waals surface area contributed by atoms with Crippen LogP contribution in [-0.2, 0) is 16.4 Å². The van der Waals surface area contributed by atoms with E-state index < -0.39 is 27.7 Å². The largest absolute Gasteiger partial charge is 0.325 e. The highest BCUT2D eigenvalue weighted by Gasteiger charge is 2.53. The molecular formula is C20H21FN2O3S. The number of carbonyl (C=O) groups excluding carboxylic acids is 1. The number of aryl methyl sites for hydroxylation is 2. The van der Waals surface area contributed by atoms with Crippen LogP contribution in [0.25, 0.3) is 0 Å². The van der Waals surface area contributed by atoms with E-state index in [1.165, 1.54) is 29.2 Å². The Bertz CT molecular complexity index is 1000. The number of amides is 2. The zero-order valence-electron chi connectivity index (χ0n) is 15.2. The van der Waals surface area contributed by atoms with E-state index >= 15 is 0 Å². The van der Waals surface area contributed by atoms with Crippen molar-refractivity contribution in [2.75, 3.05) is 16.4 Å². The standard InChI is InChI=1S/C20H21FN2O3S/c1-13-3-4-14(2)15(9-13)10-22-18-11-27(25,26)12-19(18)23(20(22)24)17-7-5-16(21)6-8-17/h3-9,18-19H,10-12H2,1-2H3/t18-,19+/m0/s1. The average molecular weight is 388 g/mol. The summed E-state index contributed by atoms with van der Waals surface area (Å²) in [7, 11) is -3.23. The van der Waals surface area contributed by atoms with Gasteiger partial charge in [0.25, 0.3) is 0 Å². The van der Waals surface area contributed by atoms with E-state index in [4.69, 9.17) is 0 Å². The second-order valence-electron chi connectivity index (χ2n) is 7.40. The Labute approximate surface area is 158 Å². The third kappa shape index (κ3) is 3.20. The van der Waals surface area contributed by atoms with Gasteiger partial charge in [-0.15, -0.1) is 0 Å². The number of urea groups is 1. The number of benzene rings is 2. The van der Waals surface area contributed by atoms with Gasteiger partial charge in [0.05, 0.1) is 23.6 Å². The van der Waals surface area contributed by atoms with Crippen LogP contribution in [0.4, 0.5) is 14.9 Å². The summed E-state index contributed by atoms with van der Waals surface area (Å²) in [5, 5.41) is 0. The molecule has 0 aliphatic carbocycles. The number of nitrogens with zero attached hydrogens (tertiary/aromatic N) is 2. The van der Waals surface area contributed by atoms with Crippen molar-refractivity contribution < 1.29 is 17.6 Å². The second-order valence-corrected chi connectivity index (χ2v) is 9.55. The number of halogens is 1. The Balaban J connectivity index is 1.72. The highest BCUT2D eigenvalue weighted by atomic mass is 32.2. The molecule has 2 aliphatic rings. The molecule has 7 heteroatoms. The van der Waals surface area contributed by atoms with Gasteiger partial charge < -0.3 is 4.90 Å². The highest BCUT2D eigenvalue weighted by Crippen LogP contribution is 2.36. The fraction of sp³-hybridized carbons (Fsp3) is 0.350. The lowest BCUT2D eigenvalue weighted by Gasteiger charge is -2.23. The van der Waals surface area contributed by atoms with Gasteiger partial charge in [-0.3, -0.25) is 4.90 Å². The zero-order chi connectivity index (χ0) is 19.3.